The highest BCUT2D eigenvalue weighted by atomic mass is 32.1. The number of unbranched alkanes of at least 4 members (excludes halogenated alkanes) is 1. The van der Waals surface area contributed by atoms with Crippen LogP contribution in [-0.4, -0.2) is 85.2 Å². The number of nitrogens with zero attached hydrogens (tertiary/aromatic N) is 3. The van der Waals surface area contributed by atoms with Crippen molar-refractivity contribution in [2.45, 2.75) is 58.5 Å². The highest BCUT2D eigenvalue weighted by Crippen LogP contribution is 2.30. The Bertz CT molecular complexity index is 1090. The van der Waals surface area contributed by atoms with Gasteiger partial charge in [-0.3, -0.25) is 14.5 Å². The van der Waals surface area contributed by atoms with Gasteiger partial charge in [-0.05, 0) is 44.7 Å². The number of aromatic nitrogens is 1. The van der Waals surface area contributed by atoms with E-state index in [9.17, 15) is 9.59 Å². The van der Waals surface area contributed by atoms with Crippen molar-refractivity contribution in [3.05, 3.63) is 70.7 Å². The van der Waals surface area contributed by atoms with Crippen molar-refractivity contribution in [1.82, 2.24) is 20.1 Å². The van der Waals surface area contributed by atoms with Gasteiger partial charge in [-0.2, -0.15) is 0 Å². The number of carbonyl (C=O) groups is 2. The first kappa shape index (κ1) is 32.5. The van der Waals surface area contributed by atoms with E-state index in [0.717, 1.165) is 63.5 Å². The van der Waals surface area contributed by atoms with Gasteiger partial charge < -0.3 is 19.7 Å². The molecule has 2 saturated heterocycles. The maximum atomic E-state index is 12.8. The Balaban J connectivity index is 0.00000226. The number of morpholine rings is 1. The third kappa shape index (κ3) is 11.1. The van der Waals surface area contributed by atoms with Gasteiger partial charge in [-0.25, -0.2) is 4.98 Å². The lowest BCUT2D eigenvalue weighted by Gasteiger charge is -2.32. The van der Waals surface area contributed by atoms with Crippen LogP contribution in [0.5, 0.6) is 5.75 Å². The van der Waals surface area contributed by atoms with E-state index in [2.05, 4.69) is 33.4 Å². The zero-order chi connectivity index (χ0) is 29.3. The van der Waals surface area contributed by atoms with Crippen LogP contribution in [0.2, 0.25) is 0 Å². The van der Waals surface area contributed by atoms with Gasteiger partial charge in [0.2, 0.25) is 0 Å². The molecule has 0 bridgehead atoms. The largest absolute Gasteiger partial charge is 0.481 e. The molecule has 1 atom stereocenters. The Morgan fingerprint density at radius 2 is 1.73 bits per heavy atom. The second-order valence-electron chi connectivity index (χ2n) is 9.89. The van der Waals surface area contributed by atoms with Crippen molar-refractivity contribution in [2.75, 3.05) is 52.5 Å². The minimum absolute atomic E-state index is 0.00794. The average Bonchev–Trinajstić information content (AvgIpc) is 3.52. The van der Waals surface area contributed by atoms with Crippen molar-refractivity contribution in [1.29, 1.82) is 0 Å². The van der Waals surface area contributed by atoms with E-state index in [1.807, 2.05) is 60.5 Å². The maximum Gasteiger partial charge on any atom is 0.271 e. The average molecular weight is 583 g/mol. The Kier molecular flexibility index (Phi) is 14.6. The SMILES string of the molecule is CC.CC(Oc1ccccc1)C(=O)N1CCC(c2nc(C(=O)NC/C=C\CC/C=C\CN3CCOCC3)cs2)CC1. The van der Waals surface area contributed by atoms with Gasteiger partial charge in [0.15, 0.2) is 6.10 Å². The summed E-state index contributed by atoms with van der Waals surface area (Å²) in [5.74, 6) is 0.826. The van der Waals surface area contributed by atoms with Gasteiger partial charge in [0.25, 0.3) is 11.8 Å². The molecule has 2 aliphatic heterocycles. The molecule has 2 aliphatic rings. The lowest BCUT2D eigenvalue weighted by molar-refractivity contribution is -0.139. The van der Waals surface area contributed by atoms with E-state index in [1.54, 1.807) is 6.92 Å². The van der Waals surface area contributed by atoms with Gasteiger partial charge in [-0.1, -0.05) is 56.4 Å². The molecule has 2 aromatic rings. The van der Waals surface area contributed by atoms with Crippen LogP contribution in [-0.2, 0) is 9.53 Å². The smallest absolute Gasteiger partial charge is 0.271 e. The fourth-order valence-electron chi connectivity index (χ4n) is 4.70. The van der Waals surface area contributed by atoms with E-state index in [0.29, 0.717) is 31.1 Å². The zero-order valence-electron chi connectivity index (χ0n) is 24.8. The summed E-state index contributed by atoms with van der Waals surface area (Å²) in [6.07, 6.45) is 11.6. The fraction of sp³-hybridized carbons (Fsp3) is 0.531. The summed E-state index contributed by atoms with van der Waals surface area (Å²) < 4.78 is 11.2. The Labute approximate surface area is 249 Å². The Hall–Kier alpha value is -3.01. The van der Waals surface area contributed by atoms with Crippen molar-refractivity contribution in [3.63, 3.8) is 0 Å². The monoisotopic (exact) mass is 582 g/mol. The number of piperidine rings is 1. The second-order valence-corrected chi connectivity index (χ2v) is 10.8. The molecule has 4 rings (SSSR count). The third-order valence-corrected chi connectivity index (χ3v) is 8.00. The number of ether oxygens (including phenoxy) is 2. The number of thiazole rings is 1. The van der Waals surface area contributed by atoms with E-state index in [-0.39, 0.29) is 17.7 Å². The molecular formula is C32H46N4O4S. The summed E-state index contributed by atoms with van der Waals surface area (Å²) in [6, 6.07) is 9.42. The summed E-state index contributed by atoms with van der Waals surface area (Å²) >= 11 is 1.53. The lowest BCUT2D eigenvalue weighted by atomic mass is 9.97. The molecule has 1 unspecified atom stereocenters. The number of rotatable bonds is 12. The molecule has 1 aromatic heterocycles. The number of benzene rings is 1. The van der Waals surface area contributed by atoms with Crippen LogP contribution in [0, 0.1) is 0 Å². The molecule has 0 radical (unpaired) electrons. The summed E-state index contributed by atoms with van der Waals surface area (Å²) in [7, 11) is 0. The van der Waals surface area contributed by atoms with Gasteiger partial charge in [-0.15, -0.1) is 11.3 Å². The van der Waals surface area contributed by atoms with Crippen LogP contribution in [0.1, 0.15) is 67.9 Å². The van der Waals surface area contributed by atoms with Crippen molar-refractivity contribution in [3.8, 4) is 5.75 Å². The molecule has 2 amide bonds. The molecule has 0 aliphatic carbocycles. The van der Waals surface area contributed by atoms with Crippen LogP contribution >= 0.6 is 11.3 Å². The highest BCUT2D eigenvalue weighted by molar-refractivity contribution is 7.09. The predicted molar refractivity (Wildman–Crippen MR) is 166 cm³/mol. The van der Waals surface area contributed by atoms with Crippen molar-refractivity contribution >= 4 is 23.2 Å². The topological polar surface area (TPSA) is 84.0 Å². The molecular weight excluding hydrogens is 536 g/mol. The van der Waals surface area contributed by atoms with Crippen LogP contribution in [0.25, 0.3) is 0 Å². The molecule has 3 heterocycles. The minimum Gasteiger partial charge on any atom is -0.481 e. The van der Waals surface area contributed by atoms with Crippen molar-refractivity contribution < 1.29 is 19.1 Å². The molecule has 8 nitrogen and oxygen atoms in total. The summed E-state index contributed by atoms with van der Waals surface area (Å²) in [4.78, 5) is 34.3. The summed E-state index contributed by atoms with van der Waals surface area (Å²) in [5, 5.41) is 5.74. The van der Waals surface area contributed by atoms with E-state index >= 15 is 0 Å². The second kappa shape index (κ2) is 18.4. The molecule has 224 valence electrons. The molecule has 0 spiro atoms. The number of amides is 2. The fourth-order valence-corrected chi connectivity index (χ4v) is 5.67. The van der Waals surface area contributed by atoms with Crippen LogP contribution in [0.4, 0.5) is 0 Å². The third-order valence-electron chi connectivity index (χ3n) is 7.00. The van der Waals surface area contributed by atoms with Crippen LogP contribution < -0.4 is 10.1 Å². The summed E-state index contributed by atoms with van der Waals surface area (Å²) in [5.41, 5.74) is 0.470. The molecule has 1 aromatic carbocycles. The Morgan fingerprint density at radius 3 is 2.44 bits per heavy atom. The van der Waals surface area contributed by atoms with Crippen molar-refractivity contribution in [2.24, 2.45) is 0 Å². The van der Waals surface area contributed by atoms with Crippen LogP contribution in [0.15, 0.2) is 60.0 Å². The molecule has 41 heavy (non-hydrogen) atoms. The number of para-hydroxylation sites is 1. The molecule has 0 saturated carbocycles. The molecule has 1 N–H and O–H groups in total. The first-order chi connectivity index (χ1) is 20.1. The van der Waals surface area contributed by atoms with Gasteiger partial charge in [0.1, 0.15) is 11.4 Å². The first-order valence-electron chi connectivity index (χ1n) is 14.9. The normalized spacial score (nSPS) is 17.3. The number of nitrogens with one attached hydrogen (secondary N) is 1. The zero-order valence-corrected chi connectivity index (χ0v) is 25.6. The number of carbonyl (C=O) groups excluding carboxylic acids is 2. The number of hydrogen-bond donors (Lipinski definition) is 1. The predicted octanol–water partition coefficient (Wildman–Crippen LogP) is 5.30. The molecule has 2 fully saturated rings. The number of hydrogen-bond acceptors (Lipinski definition) is 7. The van der Waals surface area contributed by atoms with Gasteiger partial charge >= 0.3 is 0 Å². The van der Waals surface area contributed by atoms with Gasteiger partial charge in [0, 0.05) is 50.6 Å². The highest BCUT2D eigenvalue weighted by Gasteiger charge is 2.29. The number of likely N-dealkylation sites (tertiary alicyclic amines) is 1. The summed E-state index contributed by atoms with van der Waals surface area (Å²) in [6.45, 7) is 12.3. The van der Waals surface area contributed by atoms with Crippen LogP contribution in [0.3, 0.4) is 0 Å². The minimum atomic E-state index is -0.523. The standard InChI is InChI=1S/C30H40N4O4S.C2H6/c1-24(38-26-11-7-6-8-12-26)30(36)34-17-13-25(14-18-34)29-32-27(23-39-29)28(35)31-15-9-4-2-3-5-10-16-33-19-21-37-22-20-33;1-2/h4-12,23-25H,2-3,13-22H2,1H3,(H,31,35);1-2H3/b9-4-,10-5-;. The van der Waals surface area contributed by atoms with E-state index in [4.69, 9.17) is 9.47 Å². The lowest BCUT2D eigenvalue weighted by Crippen LogP contribution is -2.44. The maximum absolute atomic E-state index is 12.8. The van der Waals surface area contributed by atoms with Gasteiger partial charge in [0.05, 0.1) is 18.2 Å². The quantitative estimate of drug-likeness (QED) is 0.270. The Morgan fingerprint density at radius 1 is 1.05 bits per heavy atom. The van der Waals surface area contributed by atoms with E-state index in [1.165, 1.54) is 11.3 Å². The molecule has 9 heteroatoms. The first-order valence-corrected chi connectivity index (χ1v) is 15.8. The number of allylic oxidation sites excluding steroid dienone is 2. The van der Waals surface area contributed by atoms with E-state index < -0.39 is 6.10 Å².